The number of carbonyl (C=O) groups excluding carboxylic acids is 1. The molecule has 0 aliphatic carbocycles. The number of sulfonamides is 1. The van der Waals surface area contributed by atoms with Crippen molar-refractivity contribution < 1.29 is 17.9 Å². The molecule has 140 valence electrons. The Labute approximate surface area is 157 Å². The molecule has 2 aromatic rings. The number of hydrogen-bond donors (Lipinski definition) is 1. The summed E-state index contributed by atoms with van der Waals surface area (Å²) in [5, 5.41) is 6.65. The SMILES string of the molecule is C[C@H]1CN(S(=O)(=O)c2ccc(NC(=O)Cc3ccsc3)cc2)C[C@H](C)O1. The first kappa shape index (κ1) is 19.0. The molecular formula is C18H22N2O4S2. The number of hydrogen-bond acceptors (Lipinski definition) is 5. The van der Waals surface area contributed by atoms with Gasteiger partial charge in [0.1, 0.15) is 0 Å². The summed E-state index contributed by atoms with van der Waals surface area (Å²) in [6, 6.07) is 8.20. The quantitative estimate of drug-likeness (QED) is 0.846. The van der Waals surface area contributed by atoms with E-state index < -0.39 is 10.0 Å². The van der Waals surface area contributed by atoms with E-state index in [0.29, 0.717) is 25.2 Å². The lowest BCUT2D eigenvalue weighted by Crippen LogP contribution is -2.48. The Morgan fingerprint density at radius 3 is 2.42 bits per heavy atom. The molecule has 3 rings (SSSR count). The van der Waals surface area contributed by atoms with E-state index in [4.69, 9.17) is 4.74 Å². The smallest absolute Gasteiger partial charge is 0.243 e. The molecular weight excluding hydrogens is 372 g/mol. The van der Waals surface area contributed by atoms with Gasteiger partial charge >= 0.3 is 0 Å². The Balaban J connectivity index is 1.67. The minimum Gasteiger partial charge on any atom is -0.373 e. The van der Waals surface area contributed by atoms with Crippen molar-refractivity contribution in [2.45, 2.75) is 37.4 Å². The van der Waals surface area contributed by atoms with E-state index in [1.807, 2.05) is 30.7 Å². The summed E-state index contributed by atoms with van der Waals surface area (Å²) in [5.41, 5.74) is 1.54. The monoisotopic (exact) mass is 394 g/mol. The molecule has 0 radical (unpaired) electrons. The van der Waals surface area contributed by atoms with E-state index in [-0.39, 0.29) is 23.0 Å². The van der Waals surface area contributed by atoms with Crippen LogP contribution >= 0.6 is 11.3 Å². The molecule has 2 heterocycles. The zero-order valence-corrected chi connectivity index (χ0v) is 16.3. The van der Waals surface area contributed by atoms with E-state index in [1.54, 1.807) is 23.5 Å². The van der Waals surface area contributed by atoms with Gasteiger partial charge in [0.2, 0.25) is 15.9 Å². The first-order valence-corrected chi connectivity index (χ1v) is 10.8. The predicted molar refractivity (Wildman–Crippen MR) is 102 cm³/mol. The van der Waals surface area contributed by atoms with Crippen LogP contribution in [0.1, 0.15) is 19.4 Å². The van der Waals surface area contributed by atoms with Crippen LogP contribution < -0.4 is 5.32 Å². The number of ether oxygens (including phenoxy) is 1. The third-order valence-electron chi connectivity index (χ3n) is 4.11. The number of amides is 1. The lowest BCUT2D eigenvalue weighted by atomic mass is 10.2. The minimum absolute atomic E-state index is 0.130. The number of carbonyl (C=O) groups is 1. The molecule has 1 fully saturated rings. The van der Waals surface area contributed by atoms with Crippen LogP contribution in [0.4, 0.5) is 5.69 Å². The van der Waals surface area contributed by atoms with Crippen molar-refractivity contribution in [2.75, 3.05) is 18.4 Å². The number of nitrogens with zero attached hydrogens (tertiary/aromatic N) is 1. The highest BCUT2D eigenvalue weighted by Gasteiger charge is 2.32. The molecule has 1 aliphatic heterocycles. The van der Waals surface area contributed by atoms with Crippen LogP contribution in [0.5, 0.6) is 0 Å². The highest BCUT2D eigenvalue weighted by atomic mass is 32.2. The Morgan fingerprint density at radius 1 is 1.19 bits per heavy atom. The van der Waals surface area contributed by atoms with Crippen molar-refractivity contribution in [1.82, 2.24) is 4.31 Å². The van der Waals surface area contributed by atoms with Crippen LogP contribution in [0.2, 0.25) is 0 Å². The molecule has 1 N–H and O–H groups in total. The van der Waals surface area contributed by atoms with Gasteiger partial charge in [-0.2, -0.15) is 15.6 Å². The highest BCUT2D eigenvalue weighted by Crippen LogP contribution is 2.22. The fourth-order valence-corrected chi connectivity index (χ4v) is 5.23. The molecule has 6 nitrogen and oxygen atoms in total. The zero-order valence-electron chi connectivity index (χ0n) is 14.7. The van der Waals surface area contributed by atoms with Crippen molar-refractivity contribution in [3.05, 3.63) is 46.7 Å². The van der Waals surface area contributed by atoms with Crippen LogP contribution in [0.3, 0.4) is 0 Å². The molecule has 0 bridgehead atoms. The van der Waals surface area contributed by atoms with Crippen molar-refractivity contribution >= 4 is 33.0 Å². The lowest BCUT2D eigenvalue weighted by Gasteiger charge is -2.34. The maximum atomic E-state index is 12.8. The van der Waals surface area contributed by atoms with Gasteiger partial charge in [0.15, 0.2) is 0 Å². The molecule has 1 aromatic carbocycles. The third-order valence-corrected chi connectivity index (χ3v) is 6.68. The van der Waals surface area contributed by atoms with E-state index >= 15 is 0 Å². The largest absolute Gasteiger partial charge is 0.373 e. The van der Waals surface area contributed by atoms with Crippen LogP contribution in [-0.2, 0) is 26.0 Å². The van der Waals surface area contributed by atoms with Gasteiger partial charge < -0.3 is 10.1 Å². The fraction of sp³-hybridized carbons (Fsp3) is 0.389. The number of thiophene rings is 1. The average Bonchev–Trinajstić information content (AvgIpc) is 3.07. The molecule has 0 saturated carbocycles. The number of anilines is 1. The molecule has 8 heteroatoms. The summed E-state index contributed by atoms with van der Waals surface area (Å²) >= 11 is 1.55. The van der Waals surface area contributed by atoms with Gasteiger partial charge in [-0.15, -0.1) is 0 Å². The van der Waals surface area contributed by atoms with Gasteiger partial charge in [0.05, 0.1) is 23.5 Å². The second-order valence-electron chi connectivity index (χ2n) is 6.46. The summed E-state index contributed by atoms with van der Waals surface area (Å²) in [6.45, 7) is 4.41. The Bertz CT molecular complexity index is 838. The molecule has 0 spiro atoms. The van der Waals surface area contributed by atoms with Crippen molar-refractivity contribution in [2.24, 2.45) is 0 Å². The van der Waals surface area contributed by atoms with Crippen LogP contribution in [0.25, 0.3) is 0 Å². The summed E-state index contributed by atoms with van der Waals surface area (Å²) in [6.07, 6.45) is 0.0287. The lowest BCUT2D eigenvalue weighted by molar-refractivity contribution is -0.115. The predicted octanol–water partition coefficient (Wildman–Crippen LogP) is 2.73. The van der Waals surface area contributed by atoms with Gasteiger partial charge in [-0.05, 0) is 60.5 Å². The molecule has 1 amide bonds. The van der Waals surface area contributed by atoms with Crippen LogP contribution in [-0.4, -0.2) is 43.9 Å². The molecule has 1 saturated heterocycles. The van der Waals surface area contributed by atoms with Crippen LogP contribution in [0, 0.1) is 0 Å². The van der Waals surface area contributed by atoms with E-state index in [2.05, 4.69) is 5.32 Å². The van der Waals surface area contributed by atoms with Crippen molar-refractivity contribution in [1.29, 1.82) is 0 Å². The standard InChI is InChI=1S/C18H22N2O4S2/c1-13-10-20(11-14(2)24-13)26(22,23)17-5-3-16(4-6-17)19-18(21)9-15-7-8-25-12-15/h3-8,12-14H,9-11H2,1-2H3,(H,19,21)/t13-,14-/m0/s1. The molecule has 0 unspecified atom stereocenters. The van der Waals surface area contributed by atoms with Gasteiger partial charge in [-0.25, -0.2) is 8.42 Å². The first-order chi connectivity index (χ1) is 12.3. The van der Waals surface area contributed by atoms with Crippen molar-refractivity contribution in [3.63, 3.8) is 0 Å². The van der Waals surface area contributed by atoms with E-state index in [0.717, 1.165) is 5.56 Å². The normalized spacial score (nSPS) is 21.5. The third kappa shape index (κ3) is 4.50. The highest BCUT2D eigenvalue weighted by molar-refractivity contribution is 7.89. The Morgan fingerprint density at radius 2 is 1.85 bits per heavy atom. The second kappa shape index (κ2) is 7.87. The summed E-state index contributed by atoms with van der Waals surface area (Å²) in [5.74, 6) is -0.130. The van der Waals surface area contributed by atoms with Gasteiger partial charge in [-0.1, -0.05) is 0 Å². The Kier molecular flexibility index (Phi) is 5.76. The number of morpholine rings is 1. The van der Waals surface area contributed by atoms with E-state index in [9.17, 15) is 13.2 Å². The summed E-state index contributed by atoms with van der Waals surface area (Å²) in [7, 11) is -3.57. The molecule has 1 aromatic heterocycles. The molecule has 26 heavy (non-hydrogen) atoms. The Hall–Kier alpha value is -1.74. The topological polar surface area (TPSA) is 75.7 Å². The van der Waals surface area contributed by atoms with Gasteiger partial charge in [0.25, 0.3) is 0 Å². The first-order valence-electron chi connectivity index (χ1n) is 8.41. The average molecular weight is 395 g/mol. The number of benzene rings is 1. The van der Waals surface area contributed by atoms with E-state index in [1.165, 1.54) is 16.4 Å². The van der Waals surface area contributed by atoms with Crippen molar-refractivity contribution in [3.8, 4) is 0 Å². The van der Waals surface area contributed by atoms with Gasteiger partial charge in [0, 0.05) is 18.8 Å². The van der Waals surface area contributed by atoms with Gasteiger partial charge in [-0.3, -0.25) is 4.79 Å². The molecule has 2 atom stereocenters. The number of rotatable bonds is 5. The number of nitrogens with one attached hydrogen (secondary N) is 1. The maximum Gasteiger partial charge on any atom is 0.243 e. The summed E-state index contributed by atoms with van der Waals surface area (Å²) < 4.78 is 32.7. The van der Waals surface area contributed by atoms with Crippen LogP contribution in [0.15, 0.2) is 46.0 Å². The molecule has 1 aliphatic rings. The maximum absolute atomic E-state index is 12.8. The second-order valence-corrected chi connectivity index (χ2v) is 9.18. The summed E-state index contributed by atoms with van der Waals surface area (Å²) in [4.78, 5) is 12.3. The zero-order chi connectivity index (χ0) is 18.7. The fourth-order valence-electron chi connectivity index (χ4n) is 2.97. The minimum atomic E-state index is -3.57.